The first-order valence-electron chi connectivity index (χ1n) is 10.6. The Balaban J connectivity index is 0.00000259. The monoisotopic (exact) mass is 447 g/mol. The van der Waals surface area contributed by atoms with Crippen LogP contribution in [0, 0.1) is 13.8 Å². The van der Waals surface area contributed by atoms with Crippen LogP contribution in [0.25, 0.3) is 33.6 Å². The van der Waals surface area contributed by atoms with E-state index in [-0.39, 0.29) is 35.1 Å². The molecule has 0 aliphatic heterocycles. The Morgan fingerprint density at radius 1 is 1.06 bits per heavy atom. The van der Waals surface area contributed by atoms with Crippen molar-refractivity contribution in [3.63, 3.8) is 0 Å². The minimum atomic E-state index is -1.22. The molecule has 0 unspecified atom stereocenters. The first-order valence-corrected chi connectivity index (χ1v) is 10.6. The Kier molecular flexibility index (Phi) is 6.38. The Morgan fingerprint density at radius 3 is 2.61 bits per heavy atom. The Morgan fingerprint density at radius 2 is 1.85 bits per heavy atom. The molecule has 0 radical (unpaired) electrons. The van der Waals surface area contributed by atoms with Crippen LogP contribution in [0.1, 0.15) is 39.9 Å². The molecule has 0 saturated heterocycles. The smallest absolute Gasteiger partial charge is 0.545 e. The van der Waals surface area contributed by atoms with E-state index in [1.807, 2.05) is 25.1 Å². The van der Waals surface area contributed by atoms with Crippen molar-refractivity contribution >= 4 is 28.2 Å². The van der Waals surface area contributed by atoms with Crippen LogP contribution in [0.3, 0.4) is 0 Å². The zero-order valence-corrected chi connectivity index (χ0v) is 21.1. The minimum absolute atomic E-state index is 0. The molecule has 0 aliphatic carbocycles. The number of fused-ring (bicyclic) bond motifs is 2. The van der Waals surface area contributed by atoms with Crippen molar-refractivity contribution < 1.29 is 39.5 Å². The van der Waals surface area contributed by atoms with Crippen LogP contribution in [-0.4, -0.2) is 30.5 Å². The number of benzene rings is 2. The molecule has 3 heterocycles. The minimum Gasteiger partial charge on any atom is -0.545 e. The number of H-pyrrole nitrogens is 1. The summed E-state index contributed by atoms with van der Waals surface area (Å²) in [6.45, 7) is 6.79. The van der Waals surface area contributed by atoms with E-state index < -0.39 is 5.97 Å². The number of carbonyl (C=O) groups excluding carboxylic acids is 1. The number of aryl methyl sites for hydroxylation is 3. The molecule has 5 rings (SSSR count). The second-order valence-electron chi connectivity index (χ2n) is 7.99. The summed E-state index contributed by atoms with van der Waals surface area (Å²) in [6.07, 6.45) is 0.811. The van der Waals surface area contributed by atoms with E-state index in [1.54, 1.807) is 18.2 Å². The largest absolute Gasteiger partial charge is 1.00 e. The van der Waals surface area contributed by atoms with E-state index in [9.17, 15) is 9.90 Å². The fraction of sp³-hybridized carbons (Fsp3) is 0.200. The van der Waals surface area contributed by atoms with Gasteiger partial charge < -0.3 is 19.5 Å². The molecular formula is C25H22N5NaO2. The fourth-order valence-corrected chi connectivity index (χ4v) is 4.22. The number of carboxylic acids is 1. The number of hydrogen-bond acceptors (Lipinski definition) is 5. The van der Waals surface area contributed by atoms with Crippen molar-refractivity contribution in [3.05, 3.63) is 76.7 Å². The second kappa shape index (κ2) is 9.09. The Bertz CT molecular complexity index is 1500. The van der Waals surface area contributed by atoms with Gasteiger partial charge in [-0.05, 0) is 43.2 Å². The number of imidazole rings is 2. The number of pyridine rings is 1. The maximum absolute atomic E-state index is 11.5. The summed E-state index contributed by atoms with van der Waals surface area (Å²) in [4.78, 5) is 28.9. The normalized spacial score (nSPS) is 11.1. The molecule has 0 bridgehead atoms. The van der Waals surface area contributed by atoms with E-state index in [2.05, 4.69) is 34.4 Å². The average Bonchev–Trinajstić information content (AvgIpc) is 3.35. The molecule has 160 valence electrons. The molecule has 0 saturated carbocycles. The number of aromatic amines is 1. The quantitative estimate of drug-likeness (QED) is 0.397. The van der Waals surface area contributed by atoms with E-state index in [4.69, 9.17) is 9.97 Å². The molecule has 0 atom stereocenters. The summed E-state index contributed by atoms with van der Waals surface area (Å²) in [5, 5.41) is 11.5. The number of carbonyl (C=O) groups is 1. The number of nitrogens with one attached hydrogen (secondary N) is 1. The maximum atomic E-state index is 11.5. The van der Waals surface area contributed by atoms with Gasteiger partial charge >= 0.3 is 29.6 Å². The Labute approximate surface area is 213 Å². The predicted octanol–water partition coefficient (Wildman–Crippen LogP) is 0.570. The second-order valence-corrected chi connectivity index (χ2v) is 7.99. The van der Waals surface area contributed by atoms with Crippen LogP contribution in [0.5, 0.6) is 0 Å². The van der Waals surface area contributed by atoms with Gasteiger partial charge in [-0.15, -0.1) is 0 Å². The molecule has 0 aliphatic rings. The number of aromatic carboxylic acids is 1. The first kappa shape index (κ1) is 23.2. The third-order valence-corrected chi connectivity index (χ3v) is 5.71. The van der Waals surface area contributed by atoms with Gasteiger partial charge in [0.15, 0.2) is 5.65 Å². The summed E-state index contributed by atoms with van der Waals surface area (Å²) < 4.78 is 2.17. The zero-order chi connectivity index (χ0) is 22.4. The molecule has 2 aromatic carbocycles. The van der Waals surface area contributed by atoms with Crippen molar-refractivity contribution in [1.82, 2.24) is 24.5 Å². The van der Waals surface area contributed by atoms with Crippen LogP contribution < -0.4 is 34.7 Å². The van der Waals surface area contributed by atoms with Gasteiger partial charge in [0.1, 0.15) is 17.2 Å². The van der Waals surface area contributed by atoms with Gasteiger partial charge in [-0.2, -0.15) is 0 Å². The van der Waals surface area contributed by atoms with E-state index in [0.717, 1.165) is 51.3 Å². The van der Waals surface area contributed by atoms with Gasteiger partial charge in [-0.1, -0.05) is 37.3 Å². The van der Waals surface area contributed by atoms with Crippen molar-refractivity contribution in [2.24, 2.45) is 0 Å². The van der Waals surface area contributed by atoms with Crippen LogP contribution in [0.2, 0.25) is 0 Å². The molecule has 0 spiro atoms. The van der Waals surface area contributed by atoms with Crippen LogP contribution >= 0.6 is 0 Å². The maximum Gasteiger partial charge on any atom is 1.00 e. The summed E-state index contributed by atoms with van der Waals surface area (Å²) in [5.74, 6) is 0.278. The molecule has 0 amide bonds. The van der Waals surface area contributed by atoms with E-state index >= 15 is 0 Å². The summed E-state index contributed by atoms with van der Waals surface area (Å²) in [7, 11) is 0. The summed E-state index contributed by atoms with van der Waals surface area (Å²) in [5.41, 5.74) is 7.25. The molecule has 0 fully saturated rings. The number of rotatable bonds is 5. The predicted molar refractivity (Wildman–Crippen MR) is 121 cm³/mol. The first-order chi connectivity index (χ1) is 15.4. The zero-order valence-electron chi connectivity index (χ0n) is 19.1. The molecule has 3 aromatic heterocycles. The van der Waals surface area contributed by atoms with Crippen LogP contribution in [0.4, 0.5) is 0 Å². The van der Waals surface area contributed by atoms with Crippen molar-refractivity contribution in [2.45, 2.75) is 33.7 Å². The number of carboxylic acid groups (broad SMARTS) is 1. The Hall–Kier alpha value is -3.00. The number of hydrogen-bond donors (Lipinski definition) is 1. The van der Waals surface area contributed by atoms with Crippen molar-refractivity contribution in [3.8, 4) is 11.4 Å². The van der Waals surface area contributed by atoms with Gasteiger partial charge in [-0.25, -0.2) is 15.0 Å². The fourth-order valence-electron chi connectivity index (χ4n) is 4.22. The SMILES string of the molecule is CCc1nc2c(C)cc(C)nc2n1Cc1ccc2nc(-c3ccccc3C(=O)[O-])[nH]c2c1.[Na+]. The van der Waals surface area contributed by atoms with E-state index in [1.165, 1.54) is 6.07 Å². The van der Waals surface area contributed by atoms with Crippen LogP contribution in [-0.2, 0) is 13.0 Å². The van der Waals surface area contributed by atoms with Gasteiger partial charge in [0.2, 0.25) is 0 Å². The van der Waals surface area contributed by atoms with Crippen molar-refractivity contribution in [1.29, 1.82) is 0 Å². The third-order valence-electron chi connectivity index (χ3n) is 5.71. The average molecular weight is 447 g/mol. The topological polar surface area (TPSA) is 99.5 Å². The summed E-state index contributed by atoms with van der Waals surface area (Å²) in [6, 6.07) is 14.8. The molecule has 33 heavy (non-hydrogen) atoms. The number of aromatic nitrogens is 5. The molecular weight excluding hydrogens is 425 g/mol. The van der Waals surface area contributed by atoms with Gasteiger partial charge in [0.25, 0.3) is 0 Å². The van der Waals surface area contributed by atoms with Crippen molar-refractivity contribution in [2.75, 3.05) is 0 Å². The summed E-state index contributed by atoms with van der Waals surface area (Å²) >= 11 is 0. The molecule has 5 aromatic rings. The standard InChI is InChI=1S/C25H23N5O2.Na/c1-4-21-29-22-14(2)11-15(3)26-24(22)30(21)13-16-9-10-19-20(12-16)28-23(27-19)17-7-5-6-8-18(17)25(31)32;/h5-12H,4,13H2,1-3H3,(H,27,28)(H,31,32);/q;+1/p-1. The molecule has 7 nitrogen and oxygen atoms in total. The molecule has 1 N–H and O–H groups in total. The van der Waals surface area contributed by atoms with E-state index in [0.29, 0.717) is 17.9 Å². The van der Waals surface area contributed by atoms with Gasteiger partial charge in [0.05, 0.1) is 23.5 Å². The molecule has 8 heteroatoms. The number of nitrogens with zero attached hydrogens (tertiary/aromatic N) is 4. The van der Waals surface area contributed by atoms with Gasteiger partial charge in [-0.3, -0.25) is 0 Å². The van der Waals surface area contributed by atoms with Crippen LogP contribution in [0.15, 0.2) is 48.5 Å². The third kappa shape index (κ3) is 4.19. The van der Waals surface area contributed by atoms with Gasteiger partial charge in [0, 0.05) is 23.2 Å².